The van der Waals surface area contributed by atoms with E-state index in [1.807, 2.05) is 78.9 Å². The molecule has 0 aromatic heterocycles. The molecule has 0 radical (unpaired) electrons. The van der Waals surface area contributed by atoms with E-state index in [-0.39, 0.29) is 29.6 Å². The molecule has 1 amide bonds. The maximum atomic E-state index is 14.6. The lowest BCUT2D eigenvalue weighted by Crippen LogP contribution is -2.53. The molecule has 0 saturated carbocycles. The lowest BCUT2D eigenvalue weighted by Gasteiger charge is -2.30. The van der Waals surface area contributed by atoms with Gasteiger partial charge in [0.25, 0.3) is 5.91 Å². The van der Waals surface area contributed by atoms with Crippen LogP contribution in [0.15, 0.2) is 158 Å². The molecule has 0 unspecified atom stereocenters. The molecule has 0 saturated heterocycles. The Balaban J connectivity index is 1.32. The van der Waals surface area contributed by atoms with E-state index in [2.05, 4.69) is 26.8 Å². The summed E-state index contributed by atoms with van der Waals surface area (Å²) in [6.07, 6.45) is -0.614. The van der Waals surface area contributed by atoms with Crippen molar-refractivity contribution in [2.75, 3.05) is 19.0 Å². The minimum Gasteiger partial charge on any atom is -0.494 e. The molecule has 0 aliphatic carbocycles. The third-order valence-electron chi connectivity index (χ3n) is 8.48. The normalized spacial score (nSPS) is 16.9. The number of aliphatic hydroxyl groups is 1. The van der Waals surface area contributed by atoms with Gasteiger partial charge < -0.3 is 14.6 Å². The molecule has 2 atom stereocenters. The lowest BCUT2D eigenvalue weighted by molar-refractivity contribution is -0.130. The first-order valence-corrected chi connectivity index (χ1v) is 20.0. The van der Waals surface area contributed by atoms with Crippen molar-refractivity contribution in [2.24, 2.45) is 4.99 Å². The molecule has 3 N–H and O–H groups in total. The summed E-state index contributed by atoms with van der Waals surface area (Å²) in [6, 6.07) is 40.6. The summed E-state index contributed by atoms with van der Waals surface area (Å²) >= 11 is 5.11. The second-order valence-corrected chi connectivity index (χ2v) is 16.2. The summed E-state index contributed by atoms with van der Waals surface area (Å²) in [6.45, 7) is 0.692. The smallest absolute Gasteiger partial charge is 0.266 e. The van der Waals surface area contributed by atoms with Crippen molar-refractivity contribution in [3.05, 3.63) is 155 Å². The van der Waals surface area contributed by atoms with Crippen LogP contribution in [0.1, 0.15) is 35.6 Å². The van der Waals surface area contributed by atoms with E-state index in [9.17, 15) is 13.2 Å². The highest BCUT2D eigenvalue weighted by atomic mass is 79.9. The molecule has 6 rings (SSSR count). The van der Waals surface area contributed by atoms with Gasteiger partial charge in [0, 0.05) is 45.8 Å². The number of aliphatic hydroxyl groups excluding tert-OH is 1. The molecule has 0 spiro atoms. The number of rotatable bonds is 16. The van der Waals surface area contributed by atoms with Gasteiger partial charge in [-0.25, -0.2) is 18.8 Å². The number of hydrazine groups is 1. The predicted octanol–water partition coefficient (Wildman–Crippen LogP) is 7.30. The monoisotopic (exact) mass is 799 g/mol. The van der Waals surface area contributed by atoms with E-state index in [1.165, 1.54) is 0 Å². The van der Waals surface area contributed by atoms with Crippen LogP contribution in [0.5, 0.6) is 5.75 Å². The van der Waals surface area contributed by atoms with E-state index in [4.69, 9.17) is 19.6 Å². The Morgan fingerprint density at radius 1 is 0.885 bits per heavy atom. The minimum atomic E-state index is -3.80. The average molecular weight is 801 g/mol. The first-order chi connectivity index (χ1) is 25.3. The van der Waals surface area contributed by atoms with Crippen molar-refractivity contribution in [1.82, 2.24) is 10.9 Å². The van der Waals surface area contributed by atoms with Gasteiger partial charge in [-0.2, -0.15) is 0 Å². The number of sulfone groups is 1. The van der Waals surface area contributed by atoms with Crippen molar-refractivity contribution in [1.29, 1.82) is 0 Å². The van der Waals surface area contributed by atoms with Gasteiger partial charge >= 0.3 is 0 Å². The molecule has 1 aliphatic heterocycles. The first kappa shape index (κ1) is 37.3. The highest BCUT2D eigenvalue weighted by molar-refractivity contribution is 9.10. The molecule has 12 heteroatoms. The van der Waals surface area contributed by atoms with Gasteiger partial charge in [-0.3, -0.25) is 10.2 Å². The molecule has 0 bridgehead atoms. The van der Waals surface area contributed by atoms with Gasteiger partial charge in [-0.15, -0.1) is 0 Å². The van der Waals surface area contributed by atoms with E-state index >= 15 is 0 Å². The number of carbonyl (C=O) groups excluding carboxylic acids is 1. The Morgan fingerprint density at radius 3 is 2.27 bits per heavy atom. The number of hydrogen-bond donors (Lipinski definition) is 3. The van der Waals surface area contributed by atoms with Crippen LogP contribution in [0.25, 0.3) is 0 Å². The number of benzene rings is 5. The molecular weight excluding hydrogens is 762 g/mol. The second-order valence-electron chi connectivity index (χ2n) is 12.1. The Kier molecular flexibility index (Phi) is 12.5. The number of amides is 1. The van der Waals surface area contributed by atoms with Gasteiger partial charge in [0.05, 0.1) is 17.3 Å². The van der Waals surface area contributed by atoms with Crippen LogP contribution < -0.4 is 15.6 Å². The predicted molar refractivity (Wildman–Crippen MR) is 206 cm³/mol. The van der Waals surface area contributed by atoms with E-state index in [0.717, 1.165) is 19.8 Å². The number of aliphatic imine (C=N–C) groups is 1. The van der Waals surface area contributed by atoms with Gasteiger partial charge in [0.15, 0.2) is 21.5 Å². The minimum absolute atomic E-state index is 0.0261. The zero-order valence-electron chi connectivity index (χ0n) is 28.2. The molecular formula is C40H38BrN3O6S2. The third kappa shape index (κ3) is 9.12. The number of hydrogen-bond acceptors (Lipinski definition) is 9. The quantitative estimate of drug-likeness (QED) is 0.0702. The summed E-state index contributed by atoms with van der Waals surface area (Å²) in [5.41, 5.74) is 6.51. The lowest BCUT2D eigenvalue weighted by atomic mass is 9.85. The summed E-state index contributed by atoms with van der Waals surface area (Å²) in [5, 5.41) is 9.11. The van der Waals surface area contributed by atoms with Crippen molar-refractivity contribution in [3.8, 4) is 5.75 Å². The Hall–Kier alpha value is -4.46. The van der Waals surface area contributed by atoms with Crippen molar-refractivity contribution >= 4 is 49.3 Å². The maximum Gasteiger partial charge on any atom is 0.266 e. The summed E-state index contributed by atoms with van der Waals surface area (Å²) in [4.78, 5) is 21.8. The number of carbonyl (C=O) groups is 1. The Bertz CT molecular complexity index is 2080. The second kappa shape index (κ2) is 17.4. The number of ether oxygens (including phenoxy) is 2. The van der Waals surface area contributed by atoms with Gasteiger partial charge in [-0.1, -0.05) is 94.4 Å². The topological polar surface area (TPSA) is 126 Å². The van der Waals surface area contributed by atoms with Crippen LogP contribution >= 0.6 is 27.7 Å². The van der Waals surface area contributed by atoms with E-state index in [1.54, 1.807) is 66.4 Å². The van der Waals surface area contributed by atoms with Crippen LogP contribution in [0.3, 0.4) is 0 Å². The van der Waals surface area contributed by atoms with Gasteiger partial charge in [-0.05, 0) is 77.9 Å². The van der Waals surface area contributed by atoms with Crippen LogP contribution in [0.4, 0.5) is 0 Å². The standard InChI is InChI=1S/C40H38BrN3O6S2/c41-32-20-16-29(17-21-32)37-40(24-27-52(47,48)35-13-5-2-6-14-35,43-38(50-37)30-18-22-33(23-19-30)49-26-9-25-45)39(46)44-42-28-31-10-7-8-15-36(31)51-34-11-3-1-4-12-34/h1-8,10-23,37,42,45H,9,24-28H2,(H,44,46)/t37-,40-/m0/s1. The molecule has 52 heavy (non-hydrogen) atoms. The van der Waals surface area contributed by atoms with Crippen LogP contribution in [-0.2, 0) is 25.9 Å². The fourth-order valence-corrected chi connectivity index (χ4v) is 8.35. The Morgan fingerprint density at radius 2 is 1.56 bits per heavy atom. The Labute approximate surface area is 316 Å². The van der Waals surface area contributed by atoms with Crippen LogP contribution in [0.2, 0.25) is 0 Å². The van der Waals surface area contributed by atoms with Crippen LogP contribution in [-0.4, -0.2) is 49.8 Å². The molecule has 9 nitrogen and oxygen atoms in total. The van der Waals surface area contributed by atoms with Crippen LogP contribution in [0, 0.1) is 0 Å². The SMILES string of the molecule is O=C(NNCc1ccccc1Sc1ccccc1)[C@@]1(CCS(=O)(=O)c2ccccc2)N=C(c2ccc(OCCCO)cc2)O[C@H]1c1ccc(Br)cc1. The molecule has 0 fully saturated rings. The molecule has 268 valence electrons. The van der Waals surface area contributed by atoms with Crippen molar-refractivity contribution < 1.29 is 27.8 Å². The first-order valence-electron chi connectivity index (χ1n) is 16.8. The molecule has 5 aromatic rings. The largest absolute Gasteiger partial charge is 0.494 e. The highest BCUT2D eigenvalue weighted by Gasteiger charge is 2.53. The summed E-state index contributed by atoms with van der Waals surface area (Å²) in [5.74, 6) is -0.0816. The average Bonchev–Trinajstić information content (AvgIpc) is 3.57. The number of nitrogens with one attached hydrogen (secondary N) is 2. The van der Waals surface area contributed by atoms with Gasteiger partial charge in [0.2, 0.25) is 5.90 Å². The fourth-order valence-electron chi connectivity index (χ4n) is 5.74. The molecule has 1 heterocycles. The third-order valence-corrected chi connectivity index (χ3v) is 11.9. The summed E-state index contributed by atoms with van der Waals surface area (Å²) < 4.78 is 40.4. The number of halogens is 1. The maximum absolute atomic E-state index is 14.6. The summed E-state index contributed by atoms with van der Waals surface area (Å²) in [7, 11) is -3.80. The van der Waals surface area contributed by atoms with Gasteiger partial charge in [0.1, 0.15) is 5.75 Å². The van der Waals surface area contributed by atoms with E-state index in [0.29, 0.717) is 36.4 Å². The molecule has 5 aromatic carbocycles. The molecule has 1 aliphatic rings. The van der Waals surface area contributed by atoms with E-state index < -0.39 is 27.4 Å². The highest BCUT2D eigenvalue weighted by Crippen LogP contribution is 2.43. The number of nitrogens with zero attached hydrogens (tertiary/aromatic N) is 1. The fraction of sp³-hybridized carbons (Fsp3) is 0.200. The zero-order valence-corrected chi connectivity index (χ0v) is 31.4. The van der Waals surface area contributed by atoms with Crippen molar-refractivity contribution in [2.45, 2.75) is 45.7 Å². The zero-order chi connectivity index (χ0) is 36.4. The van der Waals surface area contributed by atoms with Crippen molar-refractivity contribution in [3.63, 3.8) is 0 Å².